The number of fused-ring (bicyclic) bond motifs is 1. The molecule has 2 aliphatic rings. The topological polar surface area (TPSA) is 107 Å². The number of rotatable bonds is 3. The second-order valence-electron chi connectivity index (χ2n) is 5.89. The lowest BCUT2D eigenvalue weighted by atomic mass is 9.86. The van der Waals surface area contributed by atoms with Crippen molar-refractivity contribution in [2.75, 3.05) is 22.9 Å². The molecule has 0 spiro atoms. The van der Waals surface area contributed by atoms with Crippen LogP contribution in [0.2, 0.25) is 0 Å². The van der Waals surface area contributed by atoms with E-state index >= 15 is 0 Å². The van der Waals surface area contributed by atoms with E-state index in [4.69, 9.17) is 5.21 Å². The summed E-state index contributed by atoms with van der Waals surface area (Å²) in [5.74, 6) is -0.253. The molecule has 4 rings (SSSR count). The first kappa shape index (κ1) is 16.4. The molecule has 2 N–H and O–H groups in total. The van der Waals surface area contributed by atoms with Crippen LogP contribution < -0.4 is 15.3 Å². The number of hydrogen-bond acceptors (Lipinski definition) is 8. The summed E-state index contributed by atoms with van der Waals surface area (Å²) in [5, 5.41) is 8.56. The molecule has 1 amide bonds. The van der Waals surface area contributed by atoms with E-state index in [1.165, 1.54) is 17.9 Å². The second kappa shape index (κ2) is 5.76. The lowest BCUT2D eigenvalue weighted by Gasteiger charge is -2.61. The molecule has 0 saturated carbocycles. The van der Waals surface area contributed by atoms with Gasteiger partial charge in [-0.3, -0.25) is 10.0 Å². The molecule has 0 radical (unpaired) electrons. The Morgan fingerprint density at radius 2 is 1.73 bits per heavy atom. The molecular formula is C14H12F3N7O2. The fourth-order valence-corrected chi connectivity index (χ4v) is 3.01. The van der Waals surface area contributed by atoms with Crippen LogP contribution in [0.4, 0.5) is 25.1 Å². The lowest BCUT2D eigenvalue weighted by molar-refractivity contribution is -0.141. The number of hydroxylamine groups is 1. The standard InChI is InChI=1S/C14H12F3N7O2/c15-14(16,17)10-1-2-18-13(21-10)24-6-8-9(24)5-23(8)12-19-3-7(4-20-12)11(25)22-26/h1-4,8-9,26H,5-6H2,(H,22,25)/t8?,9-/m1/s1. The van der Waals surface area contributed by atoms with Gasteiger partial charge < -0.3 is 9.80 Å². The van der Waals surface area contributed by atoms with Gasteiger partial charge in [-0.25, -0.2) is 25.4 Å². The van der Waals surface area contributed by atoms with Crippen molar-refractivity contribution in [2.24, 2.45) is 0 Å². The molecule has 9 nitrogen and oxygen atoms in total. The first-order chi connectivity index (χ1) is 12.4. The van der Waals surface area contributed by atoms with Gasteiger partial charge >= 0.3 is 6.18 Å². The number of nitrogens with zero attached hydrogens (tertiary/aromatic N) is 6. The Balaban J connectivity index is 1.43. The predicted octanol–water partition coefficient (Wildman–Crippen LogP) is 0.482. The number of halogens is 3. The molecule has 2 aliphatic heterocycles. The van der Waals surface area contributed by atoms with Crippen molar-refractivity contribution >= 4 is 17.8 Å². The number of alkyl halides is 3. The van der Waals surface area contributed by atoms with Gasteiger partial charge in [-0.15, -0.1) is 0 Å². The molecule has 0 aromatic carbocycles. The minimum absolute atomic E-state index is 0.0116. The molecule has 2 saturated heterocycles. The zero-order valence-corrected chi connectivity index (χ0v) is 13.1. The van der Waals surface area contributed by atoms with Gasteiger partial charge in [-0.05, 0) is 6.07 Å². The third-order valence-corrected chi connectivity index (χ3v) is 4.46. The van der Waals surface area contributed by atoms with Gasteiger partial charge in [-0.2, -0.15) is 13.2 Å². The van der Waals surface area contributed by atoms with E-state index in [0.717, 1.165) is 12.3 Å². The number of piperazine rings is 1. The Morgan fingerprint density at radius 1 is 1.12 bits per heavy atom. The van der Waals surface area contributed by atoms with Crippen molar-refractivity contribution in [2.45, 2.75) is 18.3 Å². The van der Waals surface area contributed by atoms with Gasteiger partial charge in [0, 0.05) is 31.7 Å². The van der Waals surface area contributed by atoms with Gasteiger partial charge in [0.2, 0.25) is 11.9 Å². The highest BCUT2D eigenvalue weighted by Gasteiger charge is 2.53. The number of carbonyl (C=O) groups is 1. The zero-order valence-electron chi connectivity index (χ0n) is 13.1. The molecule has 4 heterocycles. The molecule has 2 aromatic heterocycles. The highest BCUT2D eigenvalue weighted by Crippen LogP contribution is 2.38. The van der Waals surface area contributed by atoms with E-state index in [2.05, 4.69) is 19.9 Å². The maximum absolute atomic E-state index is 12.8. The maximum atomic E-state index is 12.8. The molecule has 0 aliphatic carbocycles. The lowest BCUT2D eigenvalue weighted by Crippen LogP contribution is -2.80. The summed E-state index contributed by atoms with van der Waals surface area (Å²) in [6.45, 7) is 0.962. The number of nitrogens with one attached hydrogen (secondary N) is 1. The fourth-order valence-electron chi connectivity index (χ4n) is 3.01. The van der Waals surface area contributed by atoms with Gasteiger partial charge in [0.05, 0.1) is 17.6 Å². The van der Waals surface area contributed by atoms with E-state index in [0.29, 0.717) is 19.0 Å². The molecule has 2 atom stereocenters. The highest BCUT2D eigenvalue weighted by atomic mass is 19.4. The van der Waals surface area contributed by atoms with Crippen LogP contribution in [0.25, 0.3) is 0 Å². The first-order valence-electron chi connectivity index (χ1n) is 7.58. The van der Waals surface area contributed by atoms with Crippen LogP contribution in [0.15, 0.2) is 24.7 Å². The van der Waals surface area contributed by atoms with Gasteiger partial charge in [0.15, 0.2) is 0 Å². The van der Waals surface area contributed by atoms with Crippen LogP contribution in [0.3, 0.4) is 0 Å². The number of hydrogen-bond donors (Lipinski definition) is 2. The molecule has 12 heteroatoms. The molecule has 136 valence electrons. The summed E-state index contributed by atoms with van der Waals surface area (Å²) in [6, 6.07) is 0.874. The molecule has 26 heavy (non-hydrogen) atoms. The average Bonchev–Trinajstić information content (AvgIpc) is 2.62. The summed E-state index contributed by atoms with van der Waals surface area (Å²) in [6.07, 6.45) is -0.839. The molecule has 2 fully saturated rings. The Morgan fingerprint density at radius 3 is 2.27 bits per heavy atom. The Bertz CT molecular complexity index is 845. The minimum atomic E-state index is -4.51. The van der Waals surface area contributed by atoms with Crippen molar-refractivity contribution in [3.8, 4) is 0 Å². The van der Waals surface area contributed by atoms with Crippen LogP contribution in [0.5, 0.6) is 0 Å². The third-order valence-electron chi connectivity index (χ3n) is 4.46. The van der Waals surface area contributed by atoms with Gasteiger partial charge in [-0.1, -0.05) is 0 Å². The van der Waals surface area contributed by atoms with Crippen molar-refractivity contribution in [3.63, 3.8) is 0 Å². The van der Waals surface area contributed by atoms with Gasteiger partial charge in [0.1, 0.15) is 5.69 Å². The monoisotopic (exact) mass is 367 g/mol. The van der Waals surface area contributed by atoms with Crippen molar-refractivity contribution in [1.82, 2.24) is 25.4 Å². The number of anilines is 2. The smallest absolute Gasteiger partial charge is 0.332 e. The van der Waals surface area contributed by atoms with Crippen molar-refractivity contribution < 1.29 is 23.2 Å². The van der Waals surface area contributed by atoms with Crippen LogP contribution in [0, 0.1) is 0 Å². The molecule has 1 unspecified atom stereocenters. The van der Waals surface area contributed by atoms with Crippen LogP contribution in [0.1, 0.15) is 16.1 Å². The Labute approximate surface area is 144 Å². The number of carbonyl (C=O) groups excluding carboxylic acids is 1. The minimum Gasteiger partial charge on any atom is -0.332 e. The summed E-state index contributed by atoms with van der Waals surface area (Å²) < 4.78 is 38.3. The largest absolute Gasteiger partial charge is 0.433 e. The summed E-state index contributed by atoms with van der Waals surface area (Å²) in [4.78, 5) is 30.5. The fraction of sp³-hybridized carbons (Fsp3) is 0.357. The SMILES string of the molecule is O=C(NO)c1cnc(N2C[C@@H]3C2CN3c2nccc(C(F)(F)F)n2)nc1. The molecule has 2 aromatic rings. The van der Waals surface area contributed by atoms with Crippen molar-refractivity contribution in [1.29, 1.82) is 0 Å². The number of aromatic nitrogens is 4. The third kappa shape index (κ3) is 2.58. The Kier molecular flexibility index (Phi) is 3.64. The molecular weight excluding hydrogens is 355 g/mol. The molecule has 0 bridgehead atoms. The number of amides is 1. The normalized spacial score (nSPS) is 21.5. The van der Waals surface area contributed by atoms with E-state index in [1.807, 2.05) is 4.90 Å². The predicted molar refractivity (Wildman–Crippen MR) is 80.6 cm³/mol. The highest BCUT2D eigenvalue weighted by molar-refractivity contribution is 5.92. The summed E-state index contributed by atoms with van der Waals surface area (Å²) in [7, 11) is 0. The van der Waals surface area contributed by atoms with Crippen molar-refractivity contribution in [3.05, 3.63) is 35.9 Å². The average molecular weight is 367 g/mol. The van der Waals surface area contributed by atoms with E-state index in [9.17, 15) is 18.0 Å². The Hall–Kier alpha value is -3.02. The summed E-state index contributed by atoms with van der Waals surface area (Å²) in [5.41, 5.74) is 0.634. The van der Waals surface area contributed by atoms with E-state index in [-0.39, 0.29) is 23.6 Å². The first-order valence-corrected chi connectivity index (χ1v) is 7.58. The zero-order chi connectivity index (χ0) is 18.5. The van der Waals surface area contributed by atoms with E-state index < -0.39 is 17.8 Å². The second-order valence-corrected chi connectivity index (χ2v) is 5.89. The van der Waals surface area contributed by atoms with E-state index in [1.54, 1.807) is 4.90 Å². The van der Waals surface area contributed by atoms with Gasteiger partial charge in [0.25, 0.3) is 5.91 Å². The van der Waals surface area contributed by atoms with Crippen LogP contribution in [-0.2, 0) is 6.18 Å². The summed E-state index contributed by atoms with van der Waals surface area (Å²) >= 11 is 0. The van der Waals surface area contributed by atoms with Crippen LogP contribution in [-0.4, -0.2) is 56.2 Å². The maximum Gasteiger partial charge on any atom is 0.433 e. The van der Waals surface area contributed by atoms with Crippen LogP contribution >= 0.6 is 0 Å². The quantitative estimate of drug-likeness (QED) is 0.596.